The van der Waals surface area contributed by atoms with Gasteiger partial charge >= 0.3 is 6.03 Å². The van der Waals surface area contributed by atoms with E-state index in [4.69, 9.17) is 9.72 Å². The maximum atomic E-state index is 13.5. The fourth-order valence-corrected chi connectivity index (χ4v) is 5.25. The molecule has 0 bridgehead atoms. The number of pyridine rings is 2. The predicted octanol–water partition coefficient (Wildman–Crippen LogP) is 5.17. The van der Waals surface area contributed by atoms with E-state index in [0.717, 1.165) is 55.4 Å². The van der Waals surface area contributed by atoms with Crippen LogP contribution in [0.2, 0.25) is 0 Å². The number of urea groups is 1. The number of benzene rings is 1. The van der Waals surface area contributed by atoms with E-state index in [1.807, 2.05) is 24.3 Å². The third-order valence-corrected chi connectivity index (χ3v) is 7.16. The summed E-state index contributed by atoms with van der Waals surface area (Å²) in [6, 6.07) is 16.0. The Labute approximate surface area is 211 Å². The Morgan fingerprint density at radius 1 is 0.861 bits per heavy atom. The average molecular weight is 485 g/mol. The highest BCUT2D eigenvalue weighted by atomic mass is 16.5. The van der Waals surface area contributed by atoms with Gasteiger partial charge in [0.15, 0.2) is 11.6 Å². The van der Waals surface area contributed by atoms with E-state index >= 15 is 0 Å². The lowest BCUT2D eigenvalue weighted by Crippen LogP contribution is -2.36. The molecule has 3 aromatic rings. The fourth-order valence-electron chi connectivity index (χ4n) is 5.25. The van der Waals surface area contributed by atoms with Crippen molar-refractivity contribution in [2.75, 3.05) is 59.3 Å². The van der Waals surface area contributed by atoms with Crippen LogP contribution in [-0.4, -0.2) is 55.3 Å². The second-order valence-corrected chi connectivity index (χ2v) is 9.64. The number of fused-ring (bicyclic) bond motifs is 1. The van der Waals surface area contributed by atoms with E-state index in [9.17, 15) is 4.79 Å². The Morgan fingerprint density at radius 2 is 1.67 bits per heavy atom. The largest absolute Gasteiger partial charge is 0.490 e. The third kappa shape index (κ3) is 4.67. The highest BCUT2D eigenvalue weighted by molar-refractivity contribution is 6.02. The normalized spacial score (nSPS) is 17.5. The number of aromatic nitrogens is 2. The molecule has 3 aliphatic rings. The molecule has 6 rings (SSSR count). The van der Waals surface area contributed by atoms with Crippen molar-refractivity contribution in [3.8, 4) is 17.0 Å². The molecule has 0 aliphatic carbocycles. The van der Waals surface area contributed by atoms with Gasteiger partial charge in [-0.25, -0.2) is 14.8 Å². The summed E-state index contributed by atoms with van der Waals surface area (Å²) >= 11 is 0. The van der Waals surface area contributed by atoms with Crippen molar-refractivity contribution in [1.82, 2.24) is 9.97 Å². The van der Waals surface area contributed by atoms with E-state index in [-0.39, 0.29) is 6.03 Å². The molecule has 0 radical (unpaired) electrons. The van der Waals surface area contributed by atoms with Gasteiger partial charge in [0, 0.05) is 61.9 Å². The van der Waals surface area contributed by atoms with Gasteiger partial charge in [0.2, 0.25) is 0 Å². The number of rotatable bonds is 4. The molecule has 2 amide bonds. The first kappa shape index (κ1) is 22.6. The molecule has 1 N–H and O–H groups in total. The first-order chi connectivity index (χ1) is 17.7. The number of hydrogen-bond donors (Lipinski definition) is 1. The highest BCUT2D eigenvalue weighted by Gasteiger charge is 2.25. The summed E-state index contributed by atoms with van der Waals surface area (Å²) in [6.07, 6.45) is 7.32. The average Bonchev–Trinajstić information content (AvgIpc) is 3.61. The van der Waals surface area contributed by atoms with Crippen LogP contribution >= 0.6 is 0 Å². The zero-order valence-corrected chi connectivity index (χ0v) is 20.5. The topological polar surface area (TPSA) is 73.8 Å². The minimum Gasteiger partial charge on any atom is -0.490 e. The SMILES string of the molecule is O=C(Nc1ccnc(N2CCCC2)c1)N1CCCOc2ccc(-c3cccc(N4CCCC4)c3)nc21. The second-order valence-electron chi connectivity index (χ2n) is 9.64. The van der Waals surface area contributed by atoms with Crippen LogP contribution in [0.5, 0.6) is 5.75 Å². The summed E-state index contributed by atoms with van der Waals surface area (Å²) in [4.78, 5) is 29.3. The van der Waals surface area contributed by atoms with Gasteiger partial charge < -0.3 is 19.9 Å². The number of nitrogens with zero attached hydrogens (tertiary/aromatic N) is 5. The molecular formula is C28H32N6O2. The minimum atomic E-state index is -0.212. The van der Waals surface area contributed by atoms with Crippen molar-refractivity contribution in [3.05, 3.63) is 54.7 Å². The van der Waals surface area contributed by atoms with Crippen molar-refractivity contribution >= 4 is 29.0 Å². The van der Waals surface area contributed by atoms with Gasteiger partial charge in [-0.1, -0.05) is 12.1 Å². The van der Waals surface area contributed by atoms with Crippen LogP contribution in [0, 0.1) is 0 Å². The lowest BCUT2D eigenvalue weighted by molar-refractivity contribution is 0.256. The van der Waals surface area contributed by atoms with Gasteiger partial charge in [0.1, 0.15) is 5.82 Å². The molecule has 2 fully saturated rings. The molecule has 0 saturated carbocycles. The lowest BCUT2D eigenvalue weighted by atomic mass is 10.1. The Morgan fingerprint density at radius 3 is 2.50 bits per heavy atom. The van der Waals surface area contributed by atoms with Crippen molar-refractivity contribution in [1.29, 1.82) is 0 Å². The van der Waals surface area contributed by atoms with Gasteiger partial charge in [-0.2, -0.15) is 0 Å². The predicted molar refractivity (Wildman–Crippen MR) is 143 cm³/mol. The Bertz CT molecular complexity index is 1240. The molecule has 0 atom stereocenters. The Kier molecular flexibility index (Phi) is 6.32. The molecule has 36 heavy (non-hydrogen) atoms. The van der Waals surface area contributed by atoms with Gasteiger partial charge in [0.05, 0.1) is 12.3 Å². The molecule has 3 aliphatic heterocycles. The van der Waals surface area contributed by atoms with E-state index in [2.05, 4.69) is 44.4 Å². The van der Waals surface area contributed by atoms with Gasteiger partial charge in [0.25, 0.3) is 0 Å². The quantitative estimate of drug-likeness (QED) is 0.551. The summed E-state index contributed by atoms with van der Waals surface area (Å²) in [5.74, 6) is 2.10. The number of nitrogens with one attached hydrogen (secondary N) is 1. The van der Waals surface area contributed by atoms with Gasteiger partial charge in [-0.15, -0.1) is 0 Å². The zero-order chi connectivity index (χ0) is 24.3. The standard InChI is InChI=1S/C28H32N6O2/c35-28(30-22-11-12-29-26(20-22)33-15-3-4-16-33)34-17-6-18-36-25-10-9-24(31-27(25)34)21-7-5-8-23(19-21)32-13-1-2-14-32/h5,7-12,19-20H,1-4,6,13-18H2,(H,29,30,35). The number of ether oxygens (including phenoxy) is 1. The molecule has 8 heteroatoms. The van der Waals surface area contributed by atoms with Crippen LogP contribution in [0.4, 0.5) is 27.8 Å². The smallest absolute Gasteiger partial charge is 0.327 e. The molecule has 186 valence electrons. The first-order valence-electron chi connectivity index (χ1n) is 13.0. The van der Waals surface area contributed by atoms with Crippen molar-refractivity contribution in [2.24, 2.45) is 0 Å². The molecule has 0 spiro atoms. The molecule has 0 unspecified atom stereocenters. The molecule has 1 aromatic carbocycles. The Balaban J connectivity index is 1.26. The Hall–Kier alpha value is -3.81. The number of hydrogen-bond acceptors (Lipinski definition) is 6. The van der Waals surface area contributed by atoms with Crippen molar-refractivity contribution < 1.29 is 9.53 Å². The summed E-state index contributed by atoms with van der Waals surface area (Å²) < 4.78 is 5.95. The number of carbonyl (C=O) groups is 1. The molecule has 5 heterocycles. The summed E-state index contributed by atoms with van der Waals surface area (Å²) in [5, 5.41) is 3.07. The molecule has 2 aromatic heterocycles. The summed E-state index contributed by atoms with van der Waals surface area (Å²) in [6.45, 7) is 5.29. The number of carbonyl (C=O) groups excluding carboxylic acids is 1. The zero-order valence-electron chi connectivity index (χ0n) is 20.5. The summed E-state index contributed by atoms with van der Waals surface area (Å²) in [7, 11) is 0. The van der Waals surface area contributed by atoms with Crippen LogP contribution in [0.25, 0.3) is 11.3 Å². The third-order valence-electron chi connectivity index (χ3n) is 7.16. The van der Waals surface area contributed by atoms with Gasteiger partial charge in [-0.3, -0.25) is 4.90 Å². The second kappa shape index (κ2) is 10.0. The molecular weight excluding hydrogens is 452 g/mol. The highest BCUT2D eigenvalue weighted by Crippen LogP contribution is 2.34. The monoisotopic (exact) mass is 484 g/mol. The van der Waals surface area contributed by atoms with Crippen molar-refractivity contribution in [2.45, 2.75) is 32.1 Å². The van der Waals surface area contributed by atoms with Crippen LogP contribution in [0.1, 0.15) is 32.1 Å². The van der Waals surface area contributed by atoms with Crippen LogP contribution in [0.15, 0.2) is 54.7 Å². The van der Waals surface area contributed by atoms with Crippen LogP contribution in [-0.2, 0) is 0 Å². The van der Waals surface area contributed by atoms with E-state index in [0.29, 0.717) is 24.7 Å². The van der Waals surface area contributed by atoms with Crippen LogP contribution in [0.3, 0.4) is 0 Å². The van der Waals surface area contributed by atoms with Crippen LogP contribution < -0.4 is 24.8 Å². The van der Waals surface area contributed by atoms with E-state index in [1.54, 1.807) is 11.1 Å². The van der Waals surface area contributed by atoms with Gasteiger partial charge in [-0.05, 0) is 62.4 Å². The first-order valence-corrected chi connectivity index (χ1v) is 13.0. The maximum absolute atomic E-state index is 13.5. The number of amides is 2. The van der Waals surface area contributed by atoms with E-state index < -0.39 is 0 Å². The van der Waals surface area contributed by atoms with E-state index in [1.165, 1.54) is 31.4 Å². The fraction of sp³-hybridized carbons (Fsp3) is 0.393. The maximum Gasteiger partial charge on any atom is 0.327 e. The van der Waals surface area contributed by atoms with Crippen molar-refractivity contribution in [3.63, 3.8) is 0 Å². The number of anilines is 4. The molecule has 2 saturated heterocycles. The lowest BCUT2D eigenvalue weighted by Gasteiger charge is -2.23. The summed E-state index contributed by atoms with van der Waals surface area (Å²) in [5.41, 5.74) is 3.83. The molecule has 8 nitrogen and oxygen atoms in total. The minimum absolute atomic E-state index is 0.212.